The molecule has 0 spiro atoms. The molecule has 9 heteroatoms. The normalized spacial score (nSPS) is 14.6. The minimum absolute atomic E-state index is 0.0924. The average molecular weight is 635 g/mol. The van der Waals surface area contributed by atoms with Gasteiger partial charge in [0.05, 0.1) is 11.2 Å². The second-order valence-electron chi connectivity index (χ2n) is 12.6. The van der Waals surface area contributed by atoms with Crippen molar-refractivity contribution in [3.05, 3.63) is 118 Å². The van der Waals surface area contributed by atoms with Crippen LogP contribution in [0.5, 0.6) is 5.75 Å². The number of halogens is 1. The van der Waals surface area contributed by atoms with Crippen molar-refractivity contribution in [1.29, 1.82) is 0 Å². The minimum Gasteiger partial charge on any atom is -0.487 e. The zero-order valence-electron chi connectivity index (χ0n) is 25.6. The van der Waals surface area contributed by atoms with Crippen molar-refractivity contribution >= 4 is 34.3 Å². The monoisotopic (exact) mass is 634 g/mol. The molecule has 0 saturated heterocycles. The Morgan fingerprint density at radius 3 is 2.56 bits per heavy atom. The summed E-state index contributed by atoms with van der Waals surface area (Å²) in [6.07, 6.45) is 4.51. The molecule has 4 heterocycles. The molecule has 6 aromatic rings. The number of H-pyrrole nitrogens is 1. The van der Waals surface area contributed by atoms with Crippen LogP contribution in [0.2, 0.25) is 5.02 Å². The summed E-state index contributed by atoms with van der Waals surface area (Å²) in [5.74, 6) is 1.60. The van der Waals surface area contributed by atoms with E-state index in [0.29, 0.717) is 11.9 Å². The van der Waals surface area contributed by atoms with E-state index in [-0.39, 0.29) is 5.41 Å². The van der Waals surface area contributed by atoms with Gasteiger partial charge in [-0.3, -0.25) is 4.98 Å². The zero-order chi connectivity index (χ0) is 31.0. The molecule has 0 aliphatic carbocycles. The first-order chi connectivity index (χ1) is 21.8. The molecule has 0 bridgehead atoms. The number of rotatable bonds is 10. The van der Waals surface area contributed by atoms with Gasteiger partial charge in [-0.1, -0.05) is 86.1 Å². The van der Waals surface area contributed by atoms with Gasteiger partial charge in [0.15, 0.2) is 5.82 Å². The van der Waals surface area contributed by atoms with Crippen molar-refractivity contribution in [2.24, 2.45) is 5.41 Å². The quantitative estimate of drug-likeness (QED) is 0.163. The van der Waals surface area contributed by atoms with E-state index in [9.17, 15) is 0 Å². The third-order valence-electron chi connectivity index (χ3n) is 8.35. The van der Waals surface area contributed by atoms with Crippen LogP contribution >= 0.6 is 23.4 Å². The first-order valence-corrected chi connectivity index (χ1v) is 16.5. The summed E-state index contributed by atoms with van der Waals surface area (Å²) < 4.78 is 8.95. The molecule has 3 aromatic heterocycles. The molecule has 228 valence electrons. The maximum atomic E-state index is 6.46. The maximum absolute atomic E-state index is 6.46. The first-order valence-electron chi connectivity index (χ1n) is 15.3. The highest BCUT2D eigenvalue weighted by atomic mass is 35.5. The van der Waals surface area contributed by atoms with Crippen LogP contribution in [-0.4, -0.2) is 35.4 Å². The van der Waals surface area contributed by atoms with E-state index in [1.807, 2.05) is 48.3 Å². The van der Waals surface area contributed by atoms with Crippen molar-refractivity contribution in [3.8, 4) is 16.9 Å². The molecular weight excluding hydrogens is 600 g/mol. The zero-order valence-corrected chi connectivity index (χ0v) is 27.2. The number of thioether (sulfide) groups is 1. The Balaban J connectivity index is 1.25. The molecule has 0 amide bonds. The lowest BCUT2D eigenvalue weighted by Crippen LogP contribution is -2.22. The number of hydrogen-bond donors (Lipinski definition) is 1. The first kappa shape index (κ1) is 29.6. The van der Waals surface area contributed by atoms with Crippen molar-refractivity contribution in [1.82, 2.24) is 30.2 Å². The predicted molar refractivity (Wildman–Crippen MR) is 181 cm³/mol. The Labute approximate surface area is 272 Å². The smallest absolute Gasteiger partial charge is 0.175 e. The Bertz CT molecular complexity index is 1920. The van der Waals surface area contributed by atoms with Gasteiger partial charge in [-0.2, -0.15) is 5.21 Å². The van der Waals surface area contributed by atoms with Crippen molar-refractivity contribution in [2.75, 3.05) is 0 Å². The molecule has 1 N–H and O–H groups in total. The topological polar surface area (TPSA) is 81.5 Å². The van der Waals surface area contributed by atoms with Crippen LogP contribution in [0, 0.1) is 5.41 Å². The number of benzene rings is 3. The Morgan fingerprint density at radius 1 is 1.00 bits per heavy atom. The highest BCUT2D eigenvalue weighted by Gasteiger charge is 2.31. The van der Waals surface area contributed by atoms with E-state index in [2.05, 4.69) is 94.5 Å². The van der Waals surface area contributed by atoms with Gasteiger partial charge in [0.1, 0.15) is 12.4 Å². The summed E-state index contributed by atoms with van der Waals surface area (Å²) in [7, 11) is 0. The molecule has 1 atom stereocenters. The number of nitrogens with one attached hydrogen (secondary N) is 1. The third kappa shape index (κ3) is 6.49. The van der Waals surface area contributed by atoms with Gasteiger partial charge in [0.2, 0.25) is 0 Å². The van der Waals surface area contributed by atoms with Gasteiger partial charge in [0.25, 0.3) is 0 Å². The van der Waals surface area contributed by atoms with Gasteiger partial charge >= 0.3 is 0 Å². The number of aromatic nitrogens is 6. The maximum Gasteiger partial charge on any atom is 0.175 e. The Morgan fingerprint density at radius 2 is 1.82 bits per heavy atom. The molecule has 0 fully saturated rings. The lowest BCUT2D eigenvalue weighted by molar-refractivity contribution is 0.301. The molecule has 1 aliphatic heterocycles. The summed E-state index contributed by atoms with van der Waals surface area (Å²) in [4.78, 5) is 6.08. The molecular formula is C36H35ClN6OS. The molecule has 3 aromatic carbocycles. The second kappa shape index (κ2) is 12.3. The van der Waals surface area contributed by atoms with Crippen LogP contribution in [0.25, 0.3) is 22.0 Å². The number of tetrazole rings is 1. The van der Waals surface area contributed by atoms with Crippen LogP contribution in [-0.2, 0) is 32.4 Å². The minimum atomic E-state index is -0.0924. The SMILES string of the molecule is CC1Cc2cc(OCc3ccc(-c4ccccc4)cn3)cc3c2c(c(CC(C)(C)Cc2nn[nH]n2)n3Cc2ccc(Cl)cc2)S1. The van der Waals surface area contributed by atoms with E-state index in [1.165, 1.54) is 32.6 Å². The van der Waals surface area contributed by atoms with Gasteiger partial charge in [0, 0.05) is 57.0 Å². The van der Waals surface area contributed by atoms with E-state index >= 15 is 0 Å². The van der Waals surface area contributed by atoms with Crippen LogP contribution in [0.1, 0.15) is 49.1 Å². The van der Waals surface area contributed by atoms with Gasteiger partial charge in [-0.25, -0.2) is 0 Å². The van der Waals surface area contributed by atoms with Crippen molar-refractivity contribution in [3.63, 3.8) is 0 Å². The highest BCUT2D eigenvalue weighted by Crippen LogP contribution is 2.47. The standard InChI is InChI=1S/C36H35ClN6OS/c1-23-15-27-16-30(44-22-29-14-11-26(20-38-29)25-7-5-4-6-8-25)17-31-34(27)35(45-23)32(18-36(2,3)19-33-39-41-42-40-33)43(31)21-24-9-12-28(37)13-10-24/h4-14,16-17,20,23H,15,18-19,21-22H2,1-3H3,(H,39,40,41,42). The third-order valence-corrected chi connectivity index (χ3v) is 9.85. The Kier molecular flexibility index (Phi) is 8.10. The molecule has 7 rings (SSSR count). The summed E-state index contributed by atoms with van der Waals surface area (Å²) in [5, 5.41) is 17.4. The molecule has 1 unspecified atom stereocenters. The molecule has 45 heavy (non-hydrogen) atoms. The fraction of sp³-hybridized carbons (Fsp3) is 0.278. The highest BCUT2D eigenvalue weighted by molar-refractivity contribution is 8.00. The fourth-order valence-corrected chi connectivity index (χ4v) is 7.73. The van der Waals surface area contributed by atoms with Crippen molar-refractivity contribution < 1.29 is 4.74 Å². The summed E-state index contributed by atoms with van der Waals surface area (Å²) in [5.41, 5.74) is 8.13. The van der Waals surface area contributed by atoms with Gasteiger partial charge in [-0.05, 0) is 59.2 Å². The lowest BCUT2D eigenvalue weighted by Gasteiger charge is -2.26. The van der Waals surface area contributed by atoms with Gasteiger partial charge in [-0.15, -0.1) is 22.0 Å². The molecule has 0 radical (unpaired) electrons. The lowest BCUT2D eigenvalue weighted by atomic mass is 9.84. The summed E-state index contributed by atoms with van der Waals surface area (Å²) >= 11 is 8.25. The average Bonchev–Trinajstić information content (AvgIpc) is 3.64. The molecule has 0 saturated carbocycles. The number of nitrogens with zero attached hydrogens (tertiary/aromatic N) is 5. The summed E-state index contributed by atoms with van der Waals surface area (Å²) in [6.45, 7) is 8.02. The van der Waals surface area contributed by atoms with E-state index in [1.54, 1.807) is 0 Å². The van der Waals surface area contributed by atoms with Crippen LogP contribution < -0.4 is 4.74 Å². The van der Waals surface area contributed by atoms with Crippen LogP contribution in [0.4, 0.5) is 0 Å². The van der Waals surface area contributed by atoms with Crippen LogP contribution in [0.15, 0.2) is 90.0 Å². The van der Waals surface area contributed by atoms with E-state index in [4.69, 9.17) is 21.3 Å². The van der Waals surface area contributed by atoms with E-state index < -0.39 is 0 Å². The largest absolute Gasteiger partial charge is 0.487 e. The van der Waals surface area contributed by atoms with Crippen LogP contribution in [0.3, 0.4) is 0 Å². The molecule has 7 nitrogen and oxygen atoms in total. The fourth-order valence-electron chi connectivity index (χ4n) is 6.27. The Hall–Kier alpha value is -4.14. The number of aromatic amines is 1. The summed E-state index contributed by atoms with van der Waals surface area (Å²) in [6, 6.07) is 27.1. The molecule has 1 aliphatic rings. The number of hydrogen-bond acceptors (Lipinski definition) is 6. The predicted octanol–water partition coefficient (Wildman–Crippen LogP) is 8.35. The van der Waals surface area contributed by atoms with E-state index in [0.717, 1.165) is 59.2 Å². The number of pyridine rings is 1. The van der Waals surface area contributed by atoms with Crippen molar-refractivity contribution in [2.45, 2.75) is 63.3 Å². The number of ether oxygens (including phenoxy) is 1. The van der Waals surface area contributed by atoms with Gasteiger partial charge < -0.3 is 9.30 Å². The second-order valence-corrected chi connectivity index (χ2v) is 14.5.